The smallest absolute Gasteiger partial charge is 0.235 e. The van der Waals surface area contributed by atoms with Crippen LogP contribution in [-0.4, -0.2) is 5.91 Å². The van der Waals surface area contributed by atoms with E-state index in [4.69, 9.17) is 11.6 Å². The van der Waals surface area contributed by atoms with Crippen molar-refractivity contribution < 1.29 is 4.79 Å². The first-order chi connectivity index (χ1) is 5.68. The van der Waals surface area contributed by atoms with Crippen molar-refractivity contribution in [3.05, 3.63) is 29.3 Å². The van der Waals surface area contributed by atoms with E-state index in [1.807, 2.05) is 6.07 Å². The van der Waals surface area contributed by atoms with E-state index in [0.717, 1.165) is 5.69 Å². The maximum atomic E-state index is 10.5. The molecular formula is C8H9ClN2O. The predicted molar refractivity (Wildman–Crippen MR) is 48.9 cm³/mol. The van der Waals surface area contributed by atoms with E-state index in [1.54, 1.807) is 18.2 Å². The summed E-state index contributed by atoms with van der Waals surface area (Å²) in [5.41, 5.74) is 5.90. The molecule has 0 saturated heterocycles. The number of benzene rings is 1. The molecule has 1 aromatic rings. The lowest BCUT2D eigenvalue weighted by Gasteiger charge is -2.05. The third-order valence-electron chi connectivity index (χ3n) is 1.21. The molecule has 0 aromatic heterocycles. The highest BCUT2D eigenvalue weighted by Gasteiger charge is 1.92. The third kappa shape index (κ3) is 2.80. The molecule has 0 fully saturated rings. The van der Waals surface area contributed by atoms with Gasteiger partial charge in [-0.1, -0.05) is 17.7 Å². The molecule has 0 atom stereocenters. The van der Waals surface area contributed by atoms with Crippen LogP contribution in [0, 0.1) is 0 Å². The second-order valence-corrected chi connectivity index (χ2v) is 2.75. The molecular weight excluding hydrogens is 176 g/mol. The number of nitrogens with one attached hydrogen (secondary N) is 2. The van der Waals surface area contributed by atoms with Gasteiger partial charge in [0.2, 0.25) is 5.91 Å². The zero-order chi connectivity index (χ0) is 8.97. The first-order valence-electron chi connectivity index (χ1n) is 3.46. The molecule has 0 unspecified atom stereocenters. The molecule has 4 heteroatoms. The molecule has 3 nitrogen and oxygen atoms in total. The Kier molecular flexibility index (Phi) is 2.94. The molecule has 0 saturated carbocycles. The minimum Gasteiger partial charge on any atom is -0.299 e. The number of hydrazine groups is 1. The van der Waals surface area contributed by atoms with Crippen molar-refractivity contribution in [3.8, 4) is 0 Å². The molecule has 0 aliphatic rings. The van der Waals surface area contributed by atoms with Crippen LogP contribution < -0.4 is 10.9 Å². The molecule has 1 amide bonds. The van der Waals surface area contributed by atoms with E-state index in [2.05, 4.69) is 10.9 Å². The average Bonchev–Trinajstić information content (AvgIpc) is 2.01. The van der Waals surface area contributed by atoms with Gasteiger partial charge in [-0.05, 0) is 18.2 Å². The Bertz CT molecular complexity index is 288. The van der Waals surface area contributed by atoms with Gasteiger partial charge in [-0.25, -0.2) is 0 Å². The first-order valence-corrected chi connectivity index (χ1v) is 3.84. The van der Waals surface area contributed by atoms with Crippen molar-refractivity contribution in [1.29, 1.82) is 0 Å². The van der Waals surface area contributed by atoms with Gasteiger partial charge in [0.25, 0.3) is 0 Å². The minimum atomic E-state index is -0.144. The summed E-state index contributed by atoms with van der Waals surface area (Å²) in [6.07, 6.45) is 0. The standard InChI is InChI=1S/C8H9ClN2O/c1-6(12)10-11-8-4-2-3-7(9)5-8/h2-5,11H,1H3,(H,10,12). The number of carbonyl (C=O) groups is 1. The lowest BCUT2D eigenvalue weighted by atomic mass is 10.3. The fourth-order valence-electron chi connectivity index (χ4n) is 0.726. The van der Waals surface area contributed by atoms with E-state index in [-0.39, 0.29) is 5.91 Å². The van der Waals surface area contributed by atoms with Crippen LogP contribution in [0.4, 0.5) is 5.69 Å². The number of rotatable bonds is 2. The van der Waals surface area contributed by atoms with Gasteiger partial charge in [-0.15, -0.1) is 0 Å². The Balaban J connectivity index is 2.57. The van der Waals surface area contributed by atoms with Crippen molar-refractivity contribution in [2.24, 2.45) is 0 Å². The van der Waals surface area contributed by atoms with Gasteiger partial charge in [0.05, 0.1) is 5.69 Å². The second-order valence-electron chi connectivity index (χ2n) is 2.32. The van der Waals surface area contributed by atoms with Gasteiger partial charge in [-0.3, -0.25) is 15.6 Å². The molecule has 0 bridgehead atoms. The number of amides is 1. The molecule has 12 heavy (non-hydrogen) atoms. The maximum absolute atomic E-state index is 10.5. The normalized spacial score (nSPS) is 9.17. The van der Waals surface area contributed by atoms with Gasteiger partial charge in [0, 0.05) is 11.9 Å². The number of anilines is 1. The molecule has 0 aliphatic heterocycles. The molecule has 2 N–H and O–H groups in total. The second kappa shape index (κ2) is 3.97. The molecule has 0 radical (unpaired) electrons. The largest absolute Gasteiger partial charge is 0.299 e. The highest BCUT2D eigenvalue weighted by atomic mass is 35.5. The number of halogens is 1. The van der Waals surface area contributed by atoms with Crippen molar-refractivity contribution >= 4 is 23.2 Å². The Morgan fingerprint density at radius 3 is 2.83 bits per heavy atom. The zero-order valence-corrected chi connectivity index (χ0v) is 7.35. The monoisotopic (exact) mass is 184 g/mol. The van der Waals surface area contributed by atoms with E-state index < -0.39 is 0 Å². The first kappa shape index (κ1) is 8.87. The van der Waals surface area contributed by atoms with Crippen LogP contribution in [0.5, 0.6) is 0 Å². The van der Waals surface area contributed by atoms with Gasteiger partial charge in [0.1, 0.15) is 0 Å². The summed E-state index contributed by atoms with van der Waals surface area (Å²) in [5, 5.41) is 0.630. The van der Waals surface area contributed by atoms with Crippen LogP contribution >= 0.6 is 11.6 Å². The fraction of sp³-hybridized carbons (Fsp3) is 0.125. The van der Waals surface area contributed by atoms with Crippen molar-refractivity contribution in [1.82, 2.24) is 5.43 Å². The lowest BCUT2D eigenvalue weighted by molar-refractivity contribution is -0.118. The quantitative estimate of drug-likeness (QED) is 0.689. The average molecular weight is 185 g/mol. The number of hydrogen-bond acceptors (Lipinski definition) is 2. The van der Waals surface area contributed by atoms with Gasteiger partial charge < -0.3 is 0 Å². The molecule has 0 spiro atoms. The highest BCUT2D eigenvalue weighted by molar-refractivity contribution is 6.30. The molecule has 1 aromatic carbocycles. The Labute approximate surface area is 75.7 Å². The summed E-state index contributed by atoms with van der Waals surface area (Å²) in [5.74, 6) is -0.144. The Hall–Kier alpha value is -1.22. The summed E-state index contributed by atoms with van der Waals surface area (Å²) in [7, 11) is 0. The summed E-state index contributed by atoms with van der Waals surface area (Å²) >= 11 is 5.71. The Morgan fingerprint density at radius 1 is 1.50 bits per heavy atom. The van der Waals surface area contributed by atoms with Crippen molar-refractivity contribution in [2.75, 3.05) is 5.43 Å². The topological polar surface area (TPSA) is 41.1 Å². The maximum Gasteiger partial charge on any atom is 0.235 e. The van der Waals surface area contributed by atoms with E-state index in [0.29, 0.717) is 5.02 Å². The zero-order valence-electron chi connectivity index (χ0n) is 6.60. The lowest BCUT2D eigenvalue weighted by Crippen LogP contribution is -2.26. The van der Waals surface area contributed by atoms with E-state index in [1.165, 1.54) is 6.92 Å². The highest BCUT2D eigenvalue weighted by Crippen LogP contribution is 2.13. The van der Waals surface area contributed by atoms with Gasteiger partial charge in [-0.2, -0.15) is 0 Å². The van der Waals surface area contributed by atoms with Crippen LogP contribution in [0.2, 0.25) is 5.02 Å². The Morgan fingerprint density at radius 2 is 2.25 bits per heavy atom. The van der Waals surface area contributed by atoms with Crippen LogP contribution in [0.1, 0.15) is 6.92 Å². The van der Waals surface area contributed by atoms with E-state index in [9.17, 15) is 4.79 Å². The van der Waals surface area contributed by atoms with E-state index >= 15 is 0 Å². The van der Waals surface area contributed by atoms with Crippen LogP contribution in [-0.2, 0) is 4.79 Å². The summed E-state index contributed by atoms with van der Waals surface area (Å²) in [6.45, 7) is 1.43. The fourth-order valence-corrected chi connectivity index (χ4v) is 0.917. The predicted octanol–water partition coefficient (Wildman–Crippen LogP) is 1.80. The molecule has 0 heterocycles. The van der Waals surface area contributed by atoms with Crippen molar-refractivity contribution in [2.45, 2.75) is 6.92 Å². The summed E-state index contributed by atoms with van der Waals surface area (Å²) in [6, 6.07) is 7.09. The summed E-state index contributed by atoms with van der Waals surface area (Å²) in [4.78, 5) is 10.5. The molecule has 0 aliphatic carbocycles. The van der Waals surface area contributed by atoms with Crippen LogP contribution in [0.25, 0.3) is 0 Å². The van der Waals surface area contributed by atoms with Gasteiger partial charge in [0.15, 0.2) is 0 Å². The molecule has 64 valence electrons. The summed E-state index contributed by atoms with van der Waals surface area (Å²) < 4.78 is 0. The third-order valence-corrected chi connectivity index (χ3v) is 1.44. The van der Waals surface area contributed by atoms with Gasteiger partial charge >= 0.3 is 0 Å². The number of carbonyl (C=O) groups excluding carboxylic acids is 1. The SMILES string of the molecule is CC(=O)NNc1cccc(Cl)c1. The molecule has 1 rings (SSSR count). The van der Waals surface area contributed by atoms with Crippen LogP contribution in [0.3, 0.4) is 0 Å². The minimum absolute atomic E-state index is 0.144. The number of hydrogen-bond donors (Lipinski definition) is 2. The van der Waals surface area contributed by atoms with Crippen molar-refractivity contribution in [3.63, 3.8) is 0 Å². The van der Waals surface area contributed by atoms with Crippen LogP contribution in [0.15, 0.2) is 24.3 Å².